The molecule has 4 saturated heterocycles. The number of phenols is 1. The molecule has 3 aromatic carbocycles. The molecule has 5 aliphatic heterocycles. The van der Waals surface area contributed by atoms with Gasteiger partial charge in [-0.3, -0.25) is 39.2 Å². The van der Waals surface area contributed by atoms with E-state index in [4.69, 9.17) is 16.1 Å². The van der Waals surface area contributed by atoms with Crippen LogP contribution < -0.4 is 25.6 Å². The van der Waals surface area contributed by atoms with Crippen LogP contribution in [0.4, 0.5) is 20.3 Å². The van der Waals surface area contributed by atoms with Gasteiger partial charge in [0.15, 0.2) is 5.82 Å². The van der Waals surface area contributed by atoms with Gasteiger partial charge >= 0.3 is 6.01 Å². The lowest BCUT2D eigenvalue weighted by molar-refractivity contribution is -0.136. The van der Waals surface area contributed by atoms with E-state index in [1.54, 1.807) is 18.2 Å². The zero-order valence-corrected chi connectivity index (χ0v) is 39.3. The molecule has 4 atom stereocenters. The van der Waals surface area contributed by atoms with Crippen LogP contribution in [0.2, 0.25) is 0 Å². The number of piperidine rings is 1. The lowest BCUT2D eigenvalue weighted by Gasteiger charge is -2.34. The van der Waals surface area contributed by atoms with Gasteiger partial charge in [-0.05, 0) is 80.7 Å². The summed E-state index contributed by atoms with van der Waals surface area (Å²) < 4.78 is 38.3. The molecule has 368 valence electrons. The number of aromatic nitrogens is 3. The maximum absolute atomic E-state index is 17.1. The largest absolute Gasteiger partial charge is 0.508 e. The number of amides is 5. The first-order valence-corrected chi connectivity index (χ1v) is 24.8. The fourth-order valence-electron chi connectivity index (χ4n) is 11.1. The van der Waals surface area contributed by atoms with Crippen LogP contribution in [0.25, 0.3) is 32.9 Å². The Morgan fingerprint density at radius 2 is 1.69 bits per heavy atom. The van der Waals surface area contributed by atoms with Crippen LogP contribution in [0.1, 0.15) is 116 Å². The van der Waals surface area contributed by atoms with Crippen LogP contribution in [0.15, 0.2) is 48.7 Å². The Balaban J connectivity index is 0.724. The van der Waals surface area contributed by atoms with E-state index >= 15 is 8.78 Å². The highest BCUT2D eigenvalue weighted by Gasteiger charge is 2.46. The minimum absolute atomic E-state index is 0.0332. The predicted molar refractivity (Wildman–Crippen MR) is 261 cm³/mol. The number of likely N-dealkylation sites (tertiary alicyclic amines) is 1. The van der Waals surface area contributed by atoms with Gasteiger partial charge in [0.05, 0.1) is 28.1 Å². The number of nitrogens with one attached hydrogen (secondary N) is 3. The molecule has 5 amide bonds. The first-order valence-electron chi connectivity index (χ1n) is 24.8. The Kier molecular flexibility index (Phi) is 13.5. The summed E-state index contributed by atoms with van der Waals surface area (Å²) in [7, 11) is 0. The molecule has 10 rings (SSSR count). The second-order valence-corrected chi connectivity index (χ2v) is 19.2. The normalized spacial score (nSPS) is 20.8. The molecule has 16 nitrogen and oxygen atoms in total. The van der Waals surface area contributed by atoms with Gasteiger partial charge in [0, 0.05) is 73.9 Å². The number of hydrogen-bond donors (Lipinski definition) is 4. The number of nitrogens with zero attached hydrogens (tertiary/aromatic N) is 6. The van der Waals surface area contributed by atoms with Crippen molar-refractivity contribution in [2.45, 2.75) is 114 Å². The Morgan fingerprint density at radius 1 is 0.915 bits per heavy atom. The van der Waals surface area contributed by atoms with Crippen LogP contribution in [0.5, 0.6) is 11.8 Å². The first kappa shape index (κ1) is 47.4. The van der Waals surface area contributed by atoms with Crippen molar-refractivity contribution in [2.24, 2.45) is 0 Å². The minimum Gasteiger partial charge on any atom is -0.508 e. The van der Waals surface area contributed by atoms with E-state index in [-0.39, 0.29) is 94.1 Å². The lowest BCUT2D eigenvalue weighted by Crippen LogP contribution is -2.54. The molecular formula is C53H55F2N9O7. The number of terminal acetylenes is 1. The second-order valence-electron chi connectivity index (χ2n) is 19.2. The number of carbonyl (C=O) groups is 5. The summed E-state index contributed by atoms with van der Waals surface area (Å²) in [6.07, 6.45) is 17.9. The number of unbranched alkanes of at least 4 members (excludes halogenated alkanes) is 6. The minimum atomic E-state index is -1.01. The summed E-state index contributed by atoms with van der Waals surface area (Å²) >= 11 is 0. The van der Waals surface area contributed by atoms with Crippen molar-refractivity contribution in [2.75, 3.05) is 43.0 Å². The van der Waals surface area contributed by atoms with E-state index in [1.807, 2.05) is 4.90 Å². The van der Waals surface area contributed by atoms with Crippen LogP contribution in [0, 0.1) is 24.0 Å². The maximum atomic E-state index is 17.1. The number of benzene rings is 3. The predicted octanol–water partition coefficient (Wildman–Crippen LogP) is 6.75. The molecule has 5 aliphatic rings. The van der Waals surface area contributed by atoms with Crippen molar-refractivity contribution in [3.63, 3.8) is 0 Å². The summed E-state index contributed by atoms with van der Waals surface area (Å²) in [4.78, 5) is 83.1. The molecule has 0 radical (unpaired) electrons. The number of imide groups is 2. The van der Waals surface area contributed by atoms with Gasteiger partial charge in [-0.2, -0.15) is 9.97 Å². The molecule has 2 bridgehead atoms. The molecule has 18 heteroatoms. The van der Waals surface area contributed by atoms with E-state index < -0.39 is 41.3 Å². The summed E-state index contributed by atoms with van der Waals surface area (Å²) in [5.74, 6) is -0.814. The third-order valence-electron chi connectivity index (χ3n) is 14.6. The van der Waals surface area contributed by atoms with E-state index in [0.717, 1.165) is 75.5 Å². The molecule has 0 saturated carbocycles. The highest BCUT2D eigenvalue weighted by Crippen LogP contribution is 2.40. The van der Waals surface area contributed by atoms with Crippen LogP contribution >= 0.6 is 0 Å². The van der Waals surface area contributed by atoms with Crippen molar-refractivity contribution in [3.8, 4) is 35.4 Å². The third-order valence-corrected chi connectivity index (χ3v) is 14.6. The fraction of sp³-hybridized carbons (Fsp3) is 0.434. The van der Waals surface area contributed by atoms with Crippen molar-refractivity contribution in [1.82, 2.24) is 35.4 Å². The Morgan fingerprint density at radius 3 is 2.46 bits per heavy atom. The number of piperazine rings is 1. The molecule has 7 heterocycles. The fourth-order valence-corrected chi connectivity index (χ4v) is 11.1. The van der Waals surface area contributed by atoms with Crippen molar-refractivity contribution < 1.29 is 42.6 Å². The third kappa shape index (κ3) is 9.42. The molecular weight excluding hydrogens is 913 g/mol. The van der Waals surface area contributed by atoms with Crippen LogP contribution in [-0.2, 0) is 14.4 Å². The molecule has 4 N–H and O–H groups in total. The number of halogens is 2. The highest BCUT2D eigenvalue weighted by atomic mass is 19.1. The molecule has 2 unspecified atom stereocenters. The van der Waals surface area contributed by atoms with E-state index in [2.05, 4.69) is 36.7 Å². The second kappa shape index (κ2) is 20.2. The van der Waals surface area contributed by atoms with Gasteiger partial charge in [-0.15, -0.1) is 6.42 Å². The SMILES string of the molecule is C#Cc1c(F)ccc2cc(O)cc(-c3ncc4c(N5C[C@H]6CC[C@@H](C5)N6)nc(OCC5CCCN5C(=O)CCCCCCCCCNc5cccc6c5C(=O)N(C5CCC(=O)NC5=O)C6=O)nc4c3F)c12. The number of hydrogen-bond acceptors (Lipinski definition) is 13. The maximum Gasteiger partial charge on any atom is 0.319 e. The standard InChI is InChI=1S/C53H55F2N9O7/c1-2-35-39(54)19-16-30-24-34(65)25-37(44(30)35)47-46(55)48-38(26-57-47)49(62-27-31-17-18-32(28-62)58-31)61-53(60-48)71-29-33-12-11-23-63(33)43(67)15-8-6-4-3-5-7-9-22-56-40-14-10-13-36-45(40)52(70)64(51(36)69)41-20-21-42(66)59-50(41)68/h1,10,13-14,16,19,24-26,31-33,41,56,58,65H,3-9,11-12,15,17-18,20-23,27-29H2,(H,59,66,68)/t31-,32+,33?,41?. The highest BCUT2D eigenvalue weighted by molar-refractivity contribution is 6.25. The Bertz CT molecular complexity index is 3000. The Labute approximate surface area is 408 Å². The number of phenolic OH excluding ortho intramolecular Hbond substituents is 1. The first-order chi connectivity index (χ1) is 34.5. The van der Waals surface area contributed by atoms with Gasteiger partial charge in [-0.25, -0.2) is 8.78 Å². The summed E-state index contributed by atoms with van der Waals surface area (Å²) in [6, 6.07) is 9.72. The van der Waals surface area contributed by atoms with Gasteiger partial charge in [0.1, 0.15) is 41.2 Å². The molecule has 71 heavy (non-hydrogen) atoms. The molecule has 5 aromatic rings. The van der Waals surface area contributed by atoms with Crippen molar-refractivity contribution >= 4 is 62.7 Å². The van der Waals surface area contributed by atoms with Crippen molar-refractivity contribution in [1.29, 1.82) is 0 Å². The van der Waals surface area contributed by atoms with Crippen LogP contribution in [0.3, 0.4) is 0 Å². The number of anilines is 2. The van der Waals surface area contributed by atoms with Gasteiger partial charge in [0.25, 0.3) is 11.8 Å². The van der Waals surface area contributed by atoms with E-state index in [0.29, 0.717) is 54.9 Å². The zero-order valence-electron chi connectivity index (χ0n) is 39.3. The van der Waals surface area contributed by atoms with E-state index in [9.17, 15) is 29.1 Å². The topological polar surface area (TPSA) is 199 Å². The number of rotatable bonds is 17. The number of fused-ring (bicyclic) bond motifs is 5. The summed E-state index contributed by atoms with van der Waals surface area (Å²) in [5.41, 5.74) is 0.887. The smallest absolute Gasteiger partial charge is 0.319 e. The average Bonchev–Trinajstić information content (AvgIpc) is 4.05. The summed E-state index contributed by atoms with van der Waals surface area (Å²) in [5, 5.41) is 20.9. The van der Waals surface area contributed by atoms with E-state index in [1.165, 1.54) is 30.5 Å². The average molecular weight is 968 g/mol. The van der Waals surface area contributed by atoms with Crippen molar-refractivity contribution in [3.05, 3.63) is 77.0 Å². The van der Waals surface area contributed by atoms with Gasteiger partial charge in [-0.1, -0.05) is 50.2 Å². The molecule has 0 aliphatic carbocycles. The summed E-state index contributed by atoms with van der Waals surface area (Å²) in [6.45, 7) is 2.64. The molecule has 4 fully saturated rings. The van der Waals surface area contributed by atoms with Gasteiger partial charge in [0.2, 0.25) is 17.7 Å². The number of pyridine rings is 1. The monoisotopic (exact) mass is 967 g/mol. The zero-order chi connectivity index (χ0) is 49.3. The number of aromatic hydroxyl groups is 1. The van der Waals surface area contributed by atoms with Gasteiger partial charge < -0.3 is 30.3 Å². The quantitative estimate of drug-likeness (QED) is 0.0434. The number of carbonyl (C=O) groups excluding carboxylic acids is 5. The number of ether oxygens (including phenoxy) is 1. The van der Waals surface area contributed by atoms with Crippen LogP contribution in [-0.4, -0.2) is 116 Å². The molecule has 0 spiro atoms. The molecule has 2 aromatic heterocycles. The lowest BCUT2D eigenvalue weighted by atomic mass is 9.96. The Hall–Kier alpha value is -7.26.